The molecule has 1 saturated heterocycles. The number of aromatic nitrogens is 3. The molecule has 1 aliphatic carbocycles. The second-order valence-electron chi connectivity index (χ2n) is 8.42. The van der Waals surface area contributed by atoms with Crippen molar-refractivity contribution in [3.8, 4) is 11.4 Å². The fourth-order valence-corrected chi connectivity index (χ4v) is 6.11. The number of sulfone groups is 1. The zero-order chi connectivity index (χ0) is 20.9. The van der Waals surface area contributed by atoms with Gasteiger partial charge in [0.2, 0.25) is 0 Å². The van der Waals surface area contributed by atoms with Crippen molar-refractivity contribution in [2.75, 3.05) is 30.9 Å². The van der Waals surface area contributed by atoms with Gasteiger partial charge in [0.15, 0.2) is 15.7 Å². The van der Waals surface area contributed by atoms with Gasteiger partial charge in [-0.2, -0.15) is 0 Å². The van der Waals surface area contributed by atoms with Gasteiger partial charge in [0.05, 0.1) is 24.9 Å². The summed E-state index contributed by atoms with van der Waals surface area (Å²) in [6.07, 6.45) is 5.33. The van der Waals surface area contributed by atoms with Gasteiger partial charge in [-0.3, -0.25) is 0 Å². The van der Waals surface area contributed by atoms with Crippen LogP contribution in [0.1, 0.15) is 31.9 Å². The SMILES string of the molecule is CC1COCCN1c1cc(C2(S(C)(=O)=O)CCC2)nc(-c2cccc3[nH]ccc23)n1. The number of ether oxygens (including phenoxy) is 1. The van der Waals surface area contributed by atoms with E-state index < -0.39 is 14.6 Å². The van der Waals surface area contributed by atoms with Crippen LogP contribution < -0.4 is 4.90 Å². The van der Waals surface area contributed by atoms with Crippen molar-refractivity contribution in [2.45, 2.75) is 37.0 Å². The molecule has 1 aromatic carbocycles. The van der Waals surface area contributed by atoms with Gasteiger partial charge in [-0.15, -0.1) is 0 Å². The summed E-state index contributed by atoms with van der Waals surface area (Å²) in [5, 5.41) is 1.03. The Balaban J connectivity index is 1.73. The lowest BCUT2D eigenvalue weighted by Crippen LogP contribution is -2.45. The molecule has 1 N–H and O–H groups in total. The summed E-state index contributed by atoms with van der Waals surface area (Å²) in [5.74, 6) is 1.34. The molecule has 8 heteroatoms. The number of H-pyrrole nitrogens is 1. The highest BCUT2D eigenvalue weighted by Crippen LogP contribution is 2.48. The highest BCUT2D eigenvalue weighted by Gasteiger charge is 2.49. The number of morpholine rings is 1. The summed E-state index contributed by atoms with van der Waals surface area (Å²) >= 11 is 0. The molecule has 30 heavy (non-hydrogen) atoms. The number of hydrogen-bond acceptors (Lipinski definition) is 6. The van der Waals surface area contributed by atoms with E-state index in [1.807, 2.05) is 36.5 Å². The molecular formula is C22H26N4O3S. The molecule has 0 radical (unpaired) electrons. The topological polar surface area (TPSA) is 88.2 Å². The predicted octanol–water partition coefficient (Wildman–Crippen LogP) is 3.27. The monoisotopic (exact) mass is 426 g/mol. The smallest absolute Gasteiger partial charge is 0.162 e. The third-order valence-corrected chi connectivity index (χ3v) is 8.59. The molecule has 1 aliphatic heterocycles. The summed E-state index contributed by atoms with van der Waals surface area (Å²) in [4.78, 5) is 15.2. The molecule has 0 spiro atoms. The van der Waals surface area contributed by atoms with Crippen molar-refractivity contribution in [2.24, 2.45) is 0 Å². The molecule has 2 aromatic heterocycles. The van der Waals surface area contributed by atoms with E-state index in [1.165, 1.54) is 6.26 Å². The number of nitrogens with zero attached hydrogens (tertiary/aromatic N) is 3. The predicted molar refractivity (Wildman–Crippen MR) is 117 cm³/mol. The molecule has 7 nitrogen and oxygen atoms in total. The highest BCUT2D eigenvalue weighted by atomic mass is 32.2. The quantitative estimate of drug-likeness (QED) is 0.689. The number of hydrogen-bond donors (Lipinski definition) is 1. The molecule has 2 fully saturated rings. The molecule has 3 heterocycles. The third-order valence-electron chi connectivity index (χ3n) is 6.55. The van der Waals surface area contributed by atoms with Crippen molar-refractivity contribution < 1.29 is 13.2 Å². The first-order chi connectivity index (χ1) is 14.4. The van der Waals surface area contributed by atoms with Crippen LogP contribution in [0.25, 0.3) is 22.3 Å². The fraction of sp³-hybridized carbons (Fsp3) is 0.455. The van der Waals surface area contributed by atoms with E-state index >= 15 is 0 Å². The van der Waals surface area contributed by atoms with Crippen molar-refractivity contribution in [3.63, 3.8) is 0 Å². The van der Waals surface area contributed by atoms with Gasteiger partial charge in [0.1, 0.15) is 10.6 Å². The Morgan fingerprint density at radius 2 is 2.07 bits per heavy atom. The van der Waals surface area contributed by atoms with Gasteiger partial charge in [-0.25, -0.2) is 18.4 Å². The molecule has 1 unspecified atom stereocenters. The van der Waals surface area contributed by atoms with Gasteiger partial charge in [0.25, 0.3) is 0 Å². The zero-order valence-corrected chi connectivity index (χ0v) is 18.1. The van der Waals surface area contributed by atoms with Crippen LogP contribution in [0.15, 0.2) is 36.5 Å². The summed E-state index contributed by atoms with van der Waals surface area (Å²) < 4.78 is 30.3. The van der Waals surface area contributed by atoms with Gasteiger partial charge in [-0.05, 0) is 38.3 Å². The summed E-state index contributed by atoms with van der Waals surface area (Å²) in [6, 6.07) is 10.0. The molecule has 158 valence electrons. The zero-order valence-electron chi connectivity index (χ0n) is 17.3. The van der Waals surface area contributed by atoms with E-state index in [2.05, 4.69) is 16.8 Å². The Morgan fingerprint density at radius 1 is 1.23 bits per heavy atom. The number of aromatic amines is 1. The van der Waals surface area contributed by atoms with Crippen molar-refractivity contribution in [1.82, 2.24) is 15.0 Å². The molecular weight excluding hydrogens is 400 g/mol. The Bertz CT molecular complexity index is 1200. The van der Waals surface area contributed by atoms with E-state index in [0.717, 1.165) is 35.2 Å². The van der Waals surface area contributed by atoms with Crippen LogP contribution in [-0.2, 0) is 19.3 Å². The second kappa shape index (κ2) is 7.06. The Hall–Kier alpha value is -2.45. The number of benzene rings is 1. The van der Waals surface area contributed by atoms with E-state index in [4.69, 9.17) is 14.7 Å². The van der Waals surface area contributed by atoms with Gasteiger partial charge < -0.3 is 14.6 Å². The lowest BCUT2D eigenvalue weighted by molar-refractivity contribution is 0.0985. The molecule has 3 aromatic rings. The first-order valence-corrected chi connectivity index (χ1v) is 12.3. The van der Waals surface area contributed by atoms with E-state index in [9.17, 15) is 8.42 Å². The minimum Gasteiger partial charge on any atom is -0.377 e. The van der Waals surface area contributed by atoms with Crippen molar-refractivity contribution in [1.29, 1.82) is 0 Å². The average Bonchev–Trinajstić information content (AvgIpc) is 3.15. The maximum atomic E-state index is 12.8. The lowest BCUT2D eigenvalue weighted by Gasteiger charge is -2.40. The van der Waals surface area contributed by atoms with E-state index in [1.54, 1.807) is 0 Å². The minimum absolute atomic E-state index is 0.160. The first-order valence-electron chi connectivity index (χ1n) is 10.4. The lowest BCUT2D eigenvalue weighted by atomic mass is 9.81. The first kappa shape index (κ1) is 19.5. The van der Waals surface area contributed by atoms with Crippen LogP contribution >= 0.6 is 0 Å². The van der Waals surface area contributed by atoms with Crippen molar-refractivity contribution in [3.05, 3.63) is 42.2 Å². The number of fused-ring (bicyclic) bond motifs is 1. The minimum atomic E-state index is -3.31. The summed E-state index contributed by atoms with van der Waals surface area (Å²) in [6.45, 7) is 4.07. The Labute approximate surface area is 176 Å². The molecule has 0 amide bonds. The highest BCUT2D eigenvalue weighted by molar-refractivity contribution is 7.91. The maximum absolute atomic E-state index is 12.8. The van der Waals surface area contributed by atoms with Gasteiger partial charge in [0, 0.05) is 41.5 Å². The maximum Gasteiger partial charge on any atom is 0.162 e. The second-order valence-corrected chi connectivity index (χ2v) is 10.7. The standard InChI is InChI=1S/C22H26N4O3S/c1-15-14-29-12-11-26(15)20-13-19(22(8-4-9-22)30(2,27)28)24-21(25-20)17-5-3-6-18-16(17)7-10-23-18/h3,5-7,10,13,15,23H,4,8-9,11-12,14H2,1-2H3. The molecule has 1 saturated carbocycles. The Morgan fingerprint density at radius 3 is 2.77 bits per heavy atom. The van der Waals surface area contributed by atoms with Crippen LogP contribution in [0.2, 0.25) is 0 Å². The van der Waals surface area contributed by atoms with Crippen LogP contribution in [-0.4, -0.2) is 55.4 Å². The normalized spacial score (nSPS) is 21.5. The van der Waals surface area contributed by atoms with Crippen LogP contribution in [0.5, 0.6) is 0 Å². The van der Waals surface area contributed by atoms with E-state index in [-0.39, 0.29) is 6.04 Å². The van der Waals surface area contributed by atoms with Crippen LogP contribution in [0, 0.1) is 0 Å². The Kier molecular flexibility index (Phi) is 4.59. The van der Waals surface area contributed by atoms with Gasteiger partial charge >= 0.3 is 0 Å². The van der Waals surface area contributed by atoms with E-state index in [0.29, 0.717) is 37.6 Å². The molecule has 1 atom stereocenters. The van der Waals surface area contributed by atoms with Gasteiger partial charge in [-0.1, -0.05) is 12.1 Å². The average molecular weight is 427 g/mol. The molecule has 2 aliphatic rings. The number of rotatable bonds is 4. The largest absolute Gasteiger partial charge is 0.377 e. The number of nitrogens with one attached hydrogen (secondary N) is 1. The summed E-state index contributed by atoms with van der Waals surface area (Å²) in [5.41, 5.74) is 2.52. The summed E-state index contributed by atoms with van der Waals surface area (Å²) in [7, 11) is -3.31. The third kappa shape index (κ3) is 3.01. The fourth-order valence-electron chi connectivity index (χ4n) is 4.60. The van der Waals surface area contributed by atoms with Crippen LogP contribution in [0.4, 0.5) is 5.82 Å². The molecule has 5 rings (SSSR count). The molecule has 0 bridgehead atoms. The van der Waals surface area contributed by atoms with Crippen molar-refractivity contribution >= 4 is 26.6 Å². The number of anilines is 1. The van der Waals surface area contributed by atoms with Crippen LogP contribution in [0.3, 0.4) is 0 Å².